The number of rotatable bonds is 1. The zero-order chi connectivity index (χ0) is 13.6. The number of nitrogen functional groups attached to an aromatic ring is 1. The molecular weight excluding hydrogens is 260 g/mol. The highest BCUT2D eigenvalue weighted by Gasteiger charge is 2.45. The first-order chi connectivity index (χ1) is 9.06. The Labute approximate surface area is 116 Å². The maximum atomic E-state index is 9.37. The highest BCUT2D eigenvalue weighted by Crippen LogP contribution is 2.48. The Balaban J connectivity index is 2.14. The smallest absolute Gasteiger partial charge is 0.186 e. The van der Waals surface area contributed by atoms with Gasteiger partial charge in [-0.05, 0) is 31.7 Å². The van der Waals surface area contributed by atoms with Crippen molar-refractivity contribution in [1.82, 2.24) is 5.48 Å². The van der Waals surface area contributed by atoms with Crippen LogP contribution in [0.2, 0.25) is 0 Å². The first-order valence-corrected chi connectivity index (χ1v) is 7.15. The fourth-order valence-electron chi connectivity index (χ4n) is 3.02. The standard InChI is InChI=1S/C13H16N4OS/c1-7-16-12(18-17-7)13(2)5-3-4-9-10(13)8(6-14)11(15)19-9/h12H,3-5,15H2,1-2H3,(H,16,17). The third-order valence-electron chi connectivity index (χ3n) is 3.97. The average molecular weight is 276 g/mol. The van der Waals surface area contributed by atoms with Crippen LogP contribution in [0.4, 0.5) is 5.00 Å². The third-order valence-corrected chi connectivity index (χ3v) is 5.04. The van der Waals surface area contributed by atoms with E-state index in [1.165, 1.54) is 16.2 Å². The Bertz CT molecular complexity index is 601. The van der Waals surface area contributed by atoms with E-state index in [0.717, 1.165) is 30.7 Å². The minimum absolute atomic E-state index is 0.280. The number of nitrogens with two attached hydrogens (primary N) is 1. The highest BCUT2D eigenvalue weighted by atomic mass is 32.1. The van der Waals surface area contributed by atoms with Gasteiger partial charge in [0.2, 0.25) is 0 Å². The van der Waals surface area contributed by atoms with Crippen LogP contribution in [-0.4, -0.2) is 12.1 Å². The number of fused-ring (bicyclic) bond motifs is 1. The van der Waals surface area contributed by atoms with E-state index in [1.54, 1.807) is 0 Å². The van der Waals surface area contributed by atoms with E-state index in [4.69, 9.17) is 10.6 Å². The fraction of sp³-hybridized carbons (Fsp3) is 0.538. The van der Waals surface area contributed by atoms with Crippen LogP contribution < -0.4 is 11.2 Å². The van der Waals surface area contributed by atoms with Crippen LogP contribution in [0.15, 0.2) is 4.99 Å². The van der Waals surface area contributed by atoms with Crippen molar-refractivity contribution >= 4 is 22.2 Å². The Morgan fingerprint density at radius 1 is 1.63 bits per heavy atom. The second-order valence-corrected chi connectivity index (χ2v) is 6.45. The zero-order valence-corrected chi connectivity index (χ0v) is 11.8. The maximum Gasteiger partial charge on any atom is 0.186 e. The molecular formula is C13H16N4OS. The van der Waals surface area contributed by atoms with E-state index < -0.39 is 0 Å². The van der Waals surface area contributed by atoms with Crippen LogP contribution in [0.1, 0.15) is 42.7 Å². The molecule has 2 heterocycles. The van der Waals surface area contributed by atoms with Crippen LogP contribution >= 0.6 is 11.3 Å². The van der Waals surface area contributed by atoms with Gasteiger partial charge >= 0.3 is 0 Å². The zero-order valence-electron chi connectivity index (χ0n) is 11.0. The van der Waals surface area contributed by atoms with Crippen LogP contribution in [0, 0.1) is 11.3 Å². The van der Waals surface area contributed by atoms with Crippen LogP contribution in [0.25, 0.3) is 0 Å². The number of hydroxylamine groups is 1. The number of hydrogen-bond acceptors (Lipinski definition) is 6. The molecule has 0 spiro atoms. The summed E-state index contributed by atoms with van der Waals surface area (Å²) in [4.78, 5) is 11.3. The molecule has 3 N–H and O–H groups in total. The van der Waals surface area contributed by atoms with Gasteiger partial charge in [0, 0.05) is 10.3 Å². The minimum Gasteiger partial charge on any atom is -0.389 e. The van der Waals surface area contributed by atoms with Crippen molar-refractivity contribution in [3.05, 3.63) is 16.0 Å². The third kappa shape index (κ3) is 1.73. The number of nitrogens with zero attached hydrogens (tertiary/aromatic N) is 2. The van der Waals surface area contributed by atoms with Gasteiger partial charge in [-0.3, -0.25) is 5.48 Å². The van der Waals surface area contributed by atoms with Crippen molar-refractivity contribution in [3.63, 3.8) is 0 Å². The molecule has 0 aromatic carbocycles. The first-order valence-electron chi connectivity index (χ1n) is 6.34. The van der Waals surface area contributed by atoms with E-state index in [9.17, 15) is 5.26 Å². The molecule has 2 aliphatic rings. The normalized spacial score (nSPS) is 29.3. The fourth-order valence-corrected chi connectivity index (χ4v) is 4.22. The lowest BCUT2D eigenvalue weighted by atomic mass is 9.71. The van der Waals surface area contributed by atoms with Gasteiger partial charge in [-0.25, -0.2) is 9.83 Å². The number of thiophene rings is 1. The lowest BCUT2D eigenvalue weighted by Gasteiger charge is -2.36. The van der Waals surface area contributed by atoms with E-state index in [1.807, 2.05) is 6.92 Å². The molecule has 0 fully saturated rings. The number of nitriles is 1. The molecule has 1 aromatic heterocycles. The molecule has 2 atom stereocenters. The summed E-state index contributed by atoms with van der Waals surface area (Å²) in [6.07, 6.45) is 2.73. The summed E-state index contributed by atoms with van der Waals surface area (Å²) in [5, 5.41) is 9.99. The van der Waals surface area contributed by atoms with Crippen molar-refractivity contribution in [2.75, 3.05) is 5.73 Å². The quantitative estimate of drug-likeness (QED) is 0.822. The lowest BCUT2D eigenvalue weighted by molar-refractivity contribution is -0.0146. The molecule has 1 aromatic rings. The summed E-state index contributed by atoms with van der Waals surface area (Å²) in [5.74, 6) is 0.778. The van der Waals surface area contributed by atoms with Gasteiger partial charge in [0.05, 0.1) is 5.56 Å². The molecule has 19 heavy (non-hydrogen) atoms. The molecule has 100 valence electrons. The number of anilines is 1. The highest BCUT2D eigenvalue weighted by molar-refractivity contribution is 7.16. The first kappa shape index (κ1) is 12.5. The van der Waals surface area contributed by atoms with Crippen molar-refractivity contribution in [3.8, 4) is 6.07 Å². The van der Waals surface area contributed by atoms with Gasteiger partial charge in [0.1, 0.15) is 16.9 Å². The predicted molar refractivity (Wildman–Crippen MR) is 74.9 cm³/mol. The van der Waals surface area contributed by atoms with E-state index in [-0.39, 0.29) is 11.6 Å². The largest absolute Gasteiger partial charge is 0.389 e. The van der Waals surface area contributed by atoms with Crippen molar-refractivity contribution < 1.29 is 4.84 Å². The number of aryl methyl sites for hydroxylation is 1. The van der Waals surface area contributed by atoms with Gasteiger partial charge in [0.15, 0.2) is 6.23 Å². The number of amidine groups is 1. The molecule has 2 unspecified atom stereocenters. The summed E-state index contributed by atoms with van der Waals surface area (Å²) in [6, 6.07) is 2.25. The summed E-state index contributed by atoms with van der Waals surface area (Å²) in [7, 11) is 0. The van der Waals surface area contributed by atoms with Gasteiger partial charge in [-0.15, -0.1) is 11.3 Å². The van der Waals surface area contributed by atoms with E-state index in [2.05, 4.69) is 23.5 Å². The van der Waals surface area contributed by atoms with Crippen molar-refractivity contribution in [1.29, 1.82) is 5.26 Å². The number of nitrogens with one attached hydrogen (secondary N) is 1. The molecule has 1 aliphatic carbocycles. The molecule has 5 nitrogen and oxygen atoms in total. The van der Waals surface area contributed by atoms with Crippen LogP contribution in [0.5, 0.6) is 0 Å². The molecule has 0 saturated carbocycles. The van der Waals surface area contributed by atoms with Gasteiger partial charge in [-0.2, -0.15) is 5.26 Å². The van der Waals surface area contributed by atoms with Crippen molar-refractivity contribution in [2.24, 2.45) is 4.99 Å². The van der Waals surface area contributed by atoms with Crippen LogP contribution in [-0.2, 0) is 16.7 Å². The Morgan fingerprint density at radius 2 is 2.42 bits per heavy atom. The second-order valence-electron chi connectivity index (χ2n) is 5.31. The molecule has 0 saturated heterocycles. The maximum absolute atomic E-state index is 9.37. The second kappa shape index (κ2) is 4.22. The van der Waals surface area contributed by atoms with E-state index >= 15 is 0 Å². The summed E-state index contributed by atoms with van der Waals surface area (Å²) in [6.45, 7) is 3.99. The average Bonchev–Trinajstić information content (AvgIpc) is 2.93. The molecule has 0 amide bonds. The van der Waals surface area contributed by atoms with Crippen molar-refractivity contribution in [2.45, 2.75) is 44.8 Å². The molecule has 0 bridgehead atoms. The number of hydrogen-bond donors (Lipinski definition) is 2. The Kier molecular flexibility index (Phi) is 2.77. The molecule has 6 heteroatoms. The van der Waals surface area contributed by atoms with E-state index in [0.29, 0.717) is 10.6 Å². The van der Waals surface area contributed by atoms with Gasteiger partial charge in [0.25, 0.3) is 0 Å². The Hall–Kier alpha value is -1.58. The predicted octanol–water partition coefficient (Wildman–Crippen LogP) is 2.08. The topological polar surface area (TPSA) is 83.4 Å². The summed E-state index contributed by atoms with van der Waals surface area (Å²) >= 11 is 1.53. The molecule has 0 radical (unpaired) electrons. The summed E-state index contributed by atoms with van der Waals surface area (Å²) in [5.41, 5.74) is 10.2. The Morgan fingerprint density at radius 3 is 3.05 bits per heavy atom. The monoisotopic (exact) mass is 276 g/mol. The number of aliphatic imine (C=N–C) groups is 1. The SMILES string of the molecule is CC1=NC(C2(C)CCCc3sc(N)c(C#N)c32)ON1. The minimum atomic E-state index is -0.285. The van der Waals surface area contributed by atoms with Gasteiger partial charge < -0.3 is 5.73 Å². The van der Waals surface area contributed by atoms with Gasteiger partial charge in [-0.1, -0.05) is 6.92 Å². The lowest BCUT2D eigenvalue weighted by Crippen LogP contribution is -2.40. The molecule has 3 rings (SSSR count). The summed E-state index contributed by atoms with van der Waals surface area (Å²) < 4.78 is 0. The van der Waals surface area contributed by atoms with Crippen LogP contribution in [0.3, 0.4) is 0 Å². The molecule has 1 aliphatic heterocycles.